The highest BCUT2D eigenvalue weighted by Crippen LogP contribution is 2.31. The van der Waals surface area contributed by atoms with Gasteiger partial charge < -0.3 is 7.08 Å². The van der Waals surface area contributed by atoms with Crippen molar-refractivity contribution in [2.24, 2.45) is 0 Å². The van der Waals surface area contributed by atoms with Crippen molar-refractivity contribution in [2.45, 2.75) is 25.7 Å². The summed E-state index contributed by atoms with van der Waals surface area (Å²) in [6.45, 7) is 5.81. The van der Waals surface area contributed by atoms with Gasteiger partial charge in [-0.05, 0) is 56.2 Å². The van der Waals surface area contributed by atoms with Crippen LogP contribution in [0.1, 0.15) is 16.8 Å². The van der Waals surface area contributed by atoms with Crippen molar-refractivity contribution < 1.29 is 12.2 Å². The maximum atomic E-state index is 13.7. The van der Waals surface area contributed by atoms with E-state index in [0.29, 0.717) is 11.2 Å². The van der Waals surface area contributed by atoms with Crippen LogP contribution in [0.3, 0.4) is 0 Å². The van der Waals surface area contributed by atoms with Crippen molar-refractivity contribution in [2.75, 3.05) is 3.29 Å². The van der Waals surface area contributed by atoms with Gasteiger partial charge in [0.2, 0.25) is 10.0 Å². The molecule has 1 radical (unpaired) electrons. The van der Waals surface area contributed by atoms with E-state index in [2.05, 4.69) is 4.98 Å². The second kappa shape index (κ2) is 8.72. The molecule has 0 unspecified atom stereocenters. The van der Waals surface area contributed by atoms with Crippen molar-refractivity contribution in [1.29, 1.82) is 0 Å². The summed E-state index contributed by atoms with van der Waals surface area (Å²) in [7, 11) is -3.85. The van der Waals surface area contributed by atoms with Crippen LogP contribution in [0.4, 0.5) is 5.69 Å². The molecule has 0 aliphatic heterocycles. The van der Waals surface area contributed by atoms with Crippen molar-refractivity contribution in [1.82, 2.24) is 4.98 Å². The number of aromatic nitrogens is 1. The standard InChI is InChI=1S/C16H13N2O2S.C8H10O.Al/c1-12-10-11-13-6-5-9-15(16(13)17-12)18-21(19,20)14-7-3-2-4-8-14;1-6-4-3-5-7(2)8(6)9;/h2-11H,1H3;3-5,9H,1-2H3;/q-1;;+2/p-1. The minimum absolute atomic E-state index is 0.220. The predicted octanol–water partition coefficient (Wildman–Crippen LogP) is 4.97. The van der Waals surface area contributed by atoms with E-state index in [1.54, 1.807) is 36.4 Å². The number of para-hydroxylation sites is 2. The predicted molar refractivity (Wildman–Crippen MR) is 125 cm³/mol. The highest BCUT2D eigenvalue weighted by Gasteiger charge is 2.31. The molecule has 4 aromatic rings. The lowest BCUT2D eigenvalue weighted by Gasteiger charge is -2.26. The first kappa shape index (κ1) is 21.4. The molecule has 4 rings (SSSR count). The van der Waals surface area contributed by atoms with E-state index in [1.165, 1.54) is 3.29 Å². The fraction of sp³-hybridized carbons (Fsp3) is 0.125. The average Bonchev–Trinajstić information content (AvgIpc) is 2.76. The lowest BCUT2D eigenvalue weighted by Crippen LogP contribution is -2.38. The lowest BCUT2D eigenvalue weighted by atomic mass is 10.1. The summed E-state index contributed by atoms with van der Waals surface area (Å²) in [6.07, 6.45) is 0. The Balaban J connectivity index is 1.85. The molecule has 0 saturated carbocycles. The number of aryl methyl sites for hydroxylation is 3. The van der Waals surface area contributed by atoms with Gasteiger partial charge in [0.1, 0.15) is 0 Å². The van der Waals surface area contributed by atoms with Gasteiger partial charge in [-0.2, -0.15) is 0 Å². The van der Waals surface area contributed by atoms with Crippen molar-refractivity contribution in [3.8, 4) is 5.75 Å². The molecule has 3 aromatic carbocycles. The lowest BCUT2D eigenvalue weighted by molar-refractivity contribution is 0.574. The van der Waals surface area contributed by atoms with Gasteiger partial charge in [-0.15, -0.1) is 0 Å². The summed E-state index contributed by atoms with van der Waals surface area (Å²) < 4.78 is 34.9. The normalized spacial score (nSPS) is 11.3. The Morgan fingerprint density at radius 2 is 1.48 bits per heavy atom. The van der Waals surface area contributed by atoms with Crippen LogP contribution in [0.15, 0.2) is 83.8 Å². The minimum atomic E-state index is -3.85. The molecule has 1 heterocycles. The second-order valence-electron chi connectivity index (χ2n) is 7.36. The number of benzene rings is 3. The molecule has 0 aliphatic rings. The van der Waals surface area contributed by atoms with Crippen LogP contribution in [0.25, 0.3) is 10.9 Å². The number of fused-ring (bicyclic) bond motifs is 1. The largest absolute Gasteiger partial charge is 0.730 e. The van der Waals surface area contributed by atoms with Crippen molar-refractivity contribution in [3.05, 3.63) is 95.7 Å². The smallest absolute Gasteiger partial charge is 0.630 e. The SMILES string of the molecule is Cc1ccc2cccc([N]([Al][O]c3c(C)cccc3C)S(=O)(=O)c3ccccc3)c2n1. The summed E-state index contributed by atoms with van der Waals surface area (Å²) in [5.41, 5.74) is 3.92. The molecule has 0 bridgehead atoms. The summed E-state index contributed by atoms with van der Waals surface area (Å²) in [5.74, 6) is 0.718. The molecular weight excluding hydrogens is 423 g/mol. The Bertz CT molecular complexity index is 1320. The van der Waals surface area contributed by atoms with Crippen LogP contribution in [0, 0.1) is 20.8 Å². The number of hydrogen-bond acceptors (Lipinski definition) is 4. The fourth-order valence-electron chi connectivity index (χ4n) is 3.44. The number of sulfonamides is 1. The molecule has 0 fully saturated rings. The average molecular weight is 446 g/mol. The zero-order valence-electron chi connectivity index (χ0n) is 17.6. The molecule has 0 atom stereocenters. The van der Waals surface area contributed by atoms with E-state index >= 15 is 0 Å². The summed E-state index contributed by atoms with van der Waals surface area (Å²) in [5, 5.41) is 0.878. The van der Waals surface area contributed by atoms with Crippen LogP contribution in [-0.4, -0.2) is 29.2 Å². The Morgan fingerprint density at radius 1 is 0.806 bits per heavy atom. The molecule has 7 heteroatoms. The molecule has 0 saturated heterocycles. The van der Waals surface area contributed by atoms with E-state index < -0.39 is 25.8 Å². The van der Waals surface area contributed by atoms with Gasteiger partial charge in [0.25, 0.3) is 0 Å². The number of hydrogen-bond donors (Lipinski definition) is 0. The highest BCUT2D eigenvalue weighted by atomic mass is 32.2. The third-order valence-electron chi connectivity index (χ3n) is 5.05. The molecule has 1 aromatic heterocycles. The van der Waals surface area contributed by atoms with Crippen molar-refractivity contribution >= 4 is 42.4 Å². The summed E-state index contributed by atoms with van der Waals surface area (Å²) in [6, 6.07) is 23.8. The van der Waals surface area contributed by atoms with Crippen LogP contribution >= 0.6 is 0 Å². The van der Waals surface area contributed by atoms with Gasteiger partial charge in [-0.1, -0.05) is 54.6 Å². The van der Waals surface area contributed by atoms with Crippen LogP contribution in [0.5, 0.6) is 5.75 Å². The second-order valence-corrected chi connectivity index (χ2v) is 10.5. The van der Waals surface area contributed by atoms with Gasteiger partial charge in [0, 0.05) is 11.1 Å². The third kappa shape index (κ3) is 4.31. The van der Waals surface area contributed by atoms with Crippen molar-refractivity contribution in [3.63, 3.8) is 0 Å². The number of pyridine rings is 1. The molecule has 0 N–H and O–H groups in total. The molecule has 31 heavy (non-hydrogen) atoms. The molecule has 5 nitrogen and oxygen atoms in total. The van der Waals surface area contributed by atoms with Crippen LogP contribution in [-0.2, 0) is 10.0 Å². The van der Waals surface area contributed by atoms with E-state index in [4.69, 9.17) is 3.79 Å². The summed E-state index contributed by atoms with van der Waals surface area (Å²) >= 11 is -1.12. The first-order valence-corrected chi connectivity index (χ1v) is 12.3. The number of nitrogens with zero attached hydrogens (tertiary/aromatic N) is 2. The Morgan fingerprint density at radius 3 is 2.19 bits per heavy atom. The van der Waals surface area contributed by atoms with Crippen LogP contribution in [0.2, 0.25) is 0 Å². The van der Waals surface area contributed by atoms with Gasteiger partial charge in [0.15, 0.2) is 0 Å². The zero-order valence-corrected chi connectivity index (χ0v) is 19.6. The molecule has 0 amide bonds. The van der Waals surface area contributed by atoms with E-state index in [9.17, 15) is 8.42 Å². The quantitative estimate of drug-likeness (QED) is 0.393. The van der Waals surface area contributed by atoms with Gasteiger partial charge in [-0.3, -0.25) is 4.98 Å². The Kier molecular flexibility index (Phi) is 6.01. The molecular formula is C24H22AlN2O3S. The van der Waals surface area contributed by atoms with E-state index in [1.807, 2.05) is 63.2 Å². The first-order valence-electron chi connectivity index (χ1n) is 9.90. The Labute approximate surface area is 189 Å². The number of rotatable bonds is 6. The van der Waals surface area contributed by atoms with Gasteiger partial charge in [-0.25, -0.2) is 8.42 Å². The van der Waals surface area contributed by atoms with Crippen LogP contribution < -0.4 is 7.08 Å². The van der Waals surface area contributed by atoms with E-state index in [-0.39, 0.29) is 4.90 Å². The summed E-state index contributed by atoms with van der Waals surface area (Å²) in [4.78, 5) is 4.87. The monoisotopic (exact) mass is 445 g/mol. The number of anilines is 1. The van der Waals surface area contributed by atoms with E-state index in [0.717, 1.165) is 28.0 Å². The maximum absolute atomic E-state index is 13.7. The molecule has 0 spiro atoms. The minimum Gasteiger partial charge on any atom is -0.630 e. The zero-order chi connectivity index (χ0) is 22.0. The molecule has 0 aliphatic carbocycles. The highest BCUT2D eigenvalue weighted by molar-refractivity contribution is 7.94. The maximum Gasteiger partial charge on any atom is 0.730 e. The van der Waals surface area contributed by atoms with Gasteiger partial charge in [0.05, 0.1) is 21.8 Å². The Hall–Kier alpha value is -2.85. The van der Waals surface area contributed by atoms with Gasteiger partial charge >= 0.3 is 15.8 Å². The first-order chi connectivity index (χ1) is 14.9. The third-order valence-corrected chi connectivity index (χ3v) is 8.53. The fourth-order valence-corrected chi connectivity index (χ4v) is 6.42. The topological polar surface area (TPSA) is 59.5 Å². The molecule has 155 valence electrons.